The summed E-state index contributed by atoms with van der Waals surface area (Å²) >= 11 is 0. The molecule has 30 heavy (non-hydrogen) atoms. The molecule has 1 N–H and O–H groups in total. The predicted octanol–water partition coefficient (Wildman–Crippen LogP) is 2.53. The molecule has 2 heterocycles. The van der Waals surface area contributed by atoms with E-state index in [4.69, 9.17) is 4.74 Å². The minimum Gasteiger partial charge on any atom is -0.480 e. The summed E-state index contributed by atoms with van der Waals surface area (Å²) in [5, 5.41) is 20.7. The second-order valence-corrected chi connectivity index (χ2v) is 8.50. The van der Waals surface area contributed by atoms with Crippen molar-refractivity contribution in [3.05, 3.63) is 62.5 Å². The maximum Gasteiger partial charge on any atom is 0.337 e. The summed E-state index contributed by atoms with van der Waals surface area (Å²) in [6, 6.07) is 5.84. The van der Waals surface area contributed by atoms with Crippen LogP contribution in [0.5, 0.6) is 0 Å². The predicted molar refractivity (Wildman–Crippen MR) is 103 cm³/mol. The molecule has 1 aromatic carbocycles. The summed E-state index contributed by atoms with van der Waals surface area (Å²) in [5.41, 5.74) is 1.36. The van der Waals surface area contributed by atoms with Gasteiger partial charge >= 0.3 is 11.9 Å². The van der Waals surface area contributed by atoms with E-state index in [1.165, 1.54) is 23.1 Å². The van der Waals surface area contributed by atoms with Gasteiger partial charge in [-0.3, -0.25) is 19.7 Å². The fraction of sp³-hybridized carbons (Fsp3) is 0.381. The van der Waals surface area contributed by atoms with E-state index in [1.54, 1.807) is 6.07 Å². The zero-order valence-electron chi connectivity index (χ0n) is 16.5. The Hall–Kier alpha value is -3.49. The monoisotopic (exact) mass is 412 g/mol. The molecule has 1 atom stereocenters. The van der Waals surface area contributed by atoms with Crippen molar-refractivity contribution in [1.82, 2.24) is 4.90 Å². The molecular weight excluding hydrogens is 392 g/mol. The number of nitrogens with zero attached hydrogens (tertiary/aromatic N) is 2. The molecule has 2 aliphatic heterocycles. The van der Waals surface area contributed by atoms with Crippen molar-refractivity contribution >= 4 is 23.4 Å². The molecule has 4 rings (SSSR count). The Balaban J connectivity index is 1.97. The topological polar surface area (TPSA) is 127 Å². The number of rotatable bonds is 4. The standard InChI is InChI=1S/C21H20N2O7/c1-21(2)7-13-18(15(24)8-21)17(11-4-3-5-12(6-11)23(28)29)19-14(10-30-20(19)27)22(13)9-16(25)26/h3-6,17H,7-10H2,1-2H3,(H,25,26). The van der Waals surface area contributed by atoms with Gasteiger partial charge in [-0.1, -0.05) is 26.0 Å². The molecule has 9 heteroatoms. The number of carbonyl (C=O) groups is 3. The number of carboxylic acid groups (broad SMARTS) is 1. The van der Waals surface area contributed by atoms with Crippen LogP contribution in [0.1, 0.15) is 38.2 Å². The molecule has 156 valence electrons. The summed E-state index contributed by atoms with van der Waals surface area (Å²) in [6.45, 7) is 3.35. The Labute approximate surface area is 171 Å². The summed E-state index contributed by atoms with van der Waals surface area (Å²) < 4.78 is 5.21. The number of cyclic esters (lactones) is 1. The van der Waals surface area contributed by atoms with Crippen molar-refractivity contribution in [2.75, 3.05) is 13.2 Å². The van der Waals surface area contributed by atoms with E-state index >= 15 is 0 Å². The van der Waals surface area contributed by atoms with Crippen molar-refractivity contribution < 1.29 is 29.2 Å². The van der Waals surface area contributed by atoms with E-state index in [0.717, 1.165) is 0 Å². The van der Waals surface area contributed by atoms with E-state index in [1.807, 2.05) is 13.8 Å². The van der Waals surface area contributed by atoms with Gasteiger partial charge in [0, 0.05) is 35.7 Å². The lowest BCUT2D eigenvalue weighted by atomic mass is 9.68. The van der Waals surface area contributed by atoms with Gasteiger partial charge in [-0.05, 0) is 17.4 Å². The van der Waals surface area contributed by atoms with Crippen molar-refractivity contribution in [1.29, 1.82) is 0 Å². The molecule has 0 spiro atoms. The molecule has 1 aromatic rings. The van der Waals surface area contributed by atoms with E-state index in [0.29, 0.717) is 29.0 Å². The molecule has 0 amide bonds. The number of ether oxygens (including phenoxy) is 1. The molecule has 0 saturated carbocycles. The number of nitro groups is 1. The van der Waals surface area contributed by atoms with Gasteiger partial charge in [-0.15, -0.1) is 0 Å². The van der Waals surface area contributed by atoms with Crippen molar-refractivity contribution in [3.8, 4) is 0 Å². The Bertz CT molecular complexity index is 1070. The highest BCUT2D eigenvalue weighted by molar-refractivity contribution is 6.05. The van der Waals surface area contributed by atoms with Gasteiger partial charge in [0.15, 0.2) is 5.78 Å². The SMILES string of the molecule is CC1(C)CC(=O)C2=C(C1)N(CC(=O)O)C1=C(C(=O)OC1)C2c1cccc([N+](=O)[O-])c1. The van der Waals surface area contributed by atoms with Crippen molar-refractivity contribution in [2.24, 2.45) is 5.41 Å². The third-order valence-electron chi connectivity index (χ3n) is 5.70. The van der Waals surface area contributed by atoms with E-state index in [2.05, 4.69) is 0 Å². The average Bonchev–Trinajstić information content (AvgIpc) is 3.03. The fourth-order valence-corrected chi connectivity index (χ4v) is 4.57. The van der Waals surface area contributed by atoms with Crippen LogP contribution in [0.15, 0.2) is 46.8 Å². The Morgan fingerprint density at radius 2 is 2.00 bits per heavy atom. The highest BCUT2D eigenvalue weighted by Crippen LogP contribution is 2.51. The van der Waals surface area contributed by atoms with Crippen LogP contribution in [0.3, 0.4) is 0 Å². The Morgan fingerprint density at radius 1 is 1.27 bits per heavy atom. The van der Waals surface area contributed by atoms with Crippen LogP contribution >= 0.6 is 0 Å². The van der Waals surface area contributed by atoms with Crippen LogP contribution in [-0.4, -0.2) is 45.8 Å². The third-order valence-corrected chi connectivity index (χ3v) is 5.70. The van der Waals surface area contributed by atoms with E-state index < -0.39 is 29.3 Å². The highest BCUT2D eigenvalue weighted by atomic mass is 16.6. The highest BCUT2D eigenvalue weighted by Gasteiger charge is 2.49. The Morgan fingerprint density at radius 3 is 2.67 bits per heavy atom. The number of non-ortho nitro benzene ring substituents is 1. The largest absolute Gasteiger partial charge is 0.480 e. The summed E-state index contributed by atoms with van der Waals surface area (Å²) in [6.07, 6.45) is 0.674. The molecule has 0 radical (unpaired) electrons. The molecule has 1 aliphatic carbocycles. The van der Waals surface area contributed by atoms with Gasteiger partial charge in [0.1, 0.15) is 13.2 Å². The number of esters is 1. The minimum atomic E-state index is -1.10. The van der Waals surface area contributed by atoms with E-state index in [-0.39, 0.29) is 35.5 Å². The first-order valence-electron chi connectivity index (χ1n) is 9.49. The normalized spacial score (nSPS) is 22.6. The minimum absolute atomic E-state index is 0.0989. The number of hydrogen-bond donors (Lipinski definition) is 1. The summed E-state index contributed by atoms with van der Waals surface area (Å²) in [5.74, 6) is -2.75. The van der Waals surface area contributed by atoms with Crippen LogP contribution in [-0.2, 0) is 19.1 Å². The number of carbonyl (C=O) groups excluding carboxylic acids is 2. The van der Waals surface area contributed by atoms with Crippen LogP contribution in [0, 0.1) is 15.5 Å². The lowest BCUT2D eigenvalue weighted by Gasteiger charge is -2.43. The lowest BCUT2D eigenvalue weighted by Crippen LogP contribution is -2.42. The fourth-order valence-electron chi connectivity index (χ4n) is 4.57. The quantitative estimate of drug-likeness (QED) is 0.454. The van der Waals surface area contributed by atoms with Crippen LogP contribution in [0.2, 0.25) is 0 Å². The van der Waals surface area contributed by atoms with Gasteiger partial charge in [-0.25, -0.2) is 4.79 Å². The lowest BCUT2D eigenvalue weighted by molar-refractivity contribution is -0.384. The van der Waals surface area contributed by atoms with E-state index in [9.17, 15) is 29.6 Å². The molecule has 0 bridgehead atoms. The van der Waals surface area contributed by atoms with Gasteiger partial charge in [0.2, 0.25) is 0 Å². The number of carboxylic acids is 1. The molecule has 0 fully saturated rings. The number of allylic oxidation sites excluding steroid dienone is 2. The smallest absolute Gasteiger partial charge is 0.337 e. The maximum atomic E-state index is 13.2. The maximum absolute atomic E-state index is 13.2. The molecular formula is C21H20N2O7. The number of ketones is 1. The number of benzene rings is 1. The van der Waals surface area contributed by atoms with Crippen molar-refractivity contribution in [2.45, 2.75) is 32.6 Å². The molecule has 1 unspecified atom stereocenters. The number of Topliss-reactive ketones (excluding diaryl/α,β-unsaturated/α-hetero) is 1. The number of hydrogen-bond acceptors (Lipinski definition) is 7. The van der Waals surface area contributed by atoms with Gasteiger partial charge < -0.3 is 14.7 Å². The summed E-state index contributed by atoms with van der Waals surface area (Å²) in [4.78, 5) is 49.7. The zero-order chi connectivity index (χ0) is 21.8. The number of aliphatic carboxylic acids is 1. The second kappa shape index (κ2) is 6.79. The first kappa shape index (κ1) is 19.8. The molecule has 9 nitrogen and oxygen atoms in total. The molecule has 0 aromatic heterocycles. The zero-order valence-corrected chi connectivity index (χ0v) is 16.5. The average molecular weight is 412 g/mol. The van der Waals surface area contributed by atoms with Crippen LogP contribution in [0.25, 0.3) is 0 Å². The first-order chi connectivity index (χ1) is 14.1. The molecule has 3 aliphatic rings. The van der Waals surface area contributed by atoms with Gasteiger partial charge in [0.05, 0.1) is 16.2 Å². The van der Waals surface area contributed by atoms with Gasteiger partial charge in [-0.2, -0.15) is 0 Å². The van der Waals surface area contributed by atoms with Crippen molar-refractivity contribution in [3.63, 3.8) is 0 Å². The third kappa shape index (κ3) is 3.16. The summed E-state index contributed by atoms with van der Waals surface area (Å²) in [7, 11) is 0. The Kier molecular flexibility index (Phi) is 4.48. The first-order valence-corrected chi connectivity index (χ1v) is 9.49. The molecule has 0 saturated heterocycles. The van der Waals surface area contributed by atoms with Gasteiger partial charge in [0.25, 0.3) is 5.69 Å². The number of nitro benzene ring substituents is 1. The second-order valence-electron chi connectivity index (χ2n) is 8.50. The van der Waals surface area contributed by atoms with Crippen LogP contribution < -0.4 is 0 Å². The van der Waals surface area contributed by atoms with Crippen LogP contribution in [0.4, 0.5) is 5.69 Å².